The Balaban J connectivity index is 3.01. The highest BCUT2D eigenvalue weighted by atomic mass is 35.5. The van der Waals surface area contributed by atoms with E-state index in [0.717, 1.165) is 6.42 Å². The van der Waals surface area contributed by atoms with Gasteiger partial charge in [-0.15, -0.1) is 11.6 Å². The number of halogens is 1. The van der Waals surface area contributed by atoms with Crippen LogP contribution in [0.15, 0.2) is 0 Å². The van der Waals surface area contributed by atoms with Crippen LogP contribution in [0, 0.1) is 17.2 Å². The normalized spacial score (nSPS) is 12.6. The lowest BCUT2D eigenvalue weighted by molar-refractivity contribution is 0.604. The van der Waals surface area contributed by atoms with Crippen molar-refractivity contribution in [3.8, 4) is 6.07 Å². The van der Waals surface area contributed by atoms with Crippen molar-refractivity contribution in [2.75, 3.05) is 5.88 Å². The Morgan fingerprint density at radius 1 is 1.75 bits per heavy atom. The third-order valence-corrected chi connectivity index (χ3v) is 1.54. The third kappa shape index (κ3) is 3.95. The van der Waals surface area contributed by atoms with Crippen LogP contribution in [0.2, 0.25) is 0 Å². The van der Waals surface area contributed by atoms with E-state index < -0.39 is 0 Å². The van der Waals surface area contributed by atoms with Crippen molar-refractivity contribution in [3.05, 3.63) is 0 Å². The monoisotopic (exact) mass is 131 g/mol. The molecule has 0 spiro atoms. The summed E-state index contributed by atoms with van der Waals surface area (Å²) in [7, 11) is 0. The van der Waals surface area contributed by atoms with Crippen LogP contribution in [0.5, 0.6) is 0 Å². The molecule has 0 aliphatic heterocycles. The zero-order chi connectivity index (χ0) is 6.41. The fraction of sp³-hybridized carbons (Fsp3) is 0.833. The van der Waals surface area contributed by atoms with Gasteiger partial charge in [0.25, 0.3) is 0 Å². The molecule has 0 radical (unpaired) electrons. The first-order valence-electron chi connectivity index (χ1n) is 2.74. The lowest BCUT2D eigenvalue weighted by atomic mass is 10.1. The molecule has 0 saturated carbocycles. The molecule has 1 nitrogen and oxygen atoms in total. The van der Waals surface area contributed by atoms with Crippen LogP contribution in [-0.4, -0.2) is 5.88 Å². The molecule has 0 heterocycles. The van der Waals surface area contributed by atoms with Crippen molar-refractivity contribution in [1.29, 1.82) is 5.26 Å². The molecule has 0 aromatic rings. The minimum Gasteiger partial charge on any atom is -0.198 e. The average Bonchev–Trinajstić information content (AvgIpc) is 1.83. The maximum absolute atomic E-state index is 8.12. The third-order valence-electron chi connectivity index (χ3n) is 1.01. The summed E-state index contributed by atoms with van der Waals surface area (Å²) in [6.45, 7) is 2.05. The molecule has 0 aliphatic rings. The van der Waals surface area contributed by atoms with Gasteiger partial charge in [-0.1, -0.05) is 6.92 Å². The molecule has 0 saturated heterocycles. The Morgan fingerprint density at radius 3 is 2.75 bits per heavy atom. The molecule has 0 rings (SSSR count). The van der Waals surface area contributed by atoms with Crippen LogP contribution >= 0.6 is 11.6 Å². The number of nitriles is 1. The zero-order valence-corrected chi connectivity index (χ0v) is 5.78. The van der Waals surface area contributed by atoms with E-state index in [1.165, 1.54) is 0 Å². The molecular formula is C6H10ClN. The van der Waals surface area contributed by atoms with E-state index in [-0.39, 0.29) is 0 Å². The molecule has 0 N–H and O–H groups in total. The lowest BCUT2D eigenvalue weighted by Crippen LogP contribution is -1.93. The van der Waals surface area contributed by atoms with Crippen LogP contribution in [0.4, 0.5) is 0 Å². The summed E-state index contributed by atoms with van der Waals surface area (Å²) < 4.78 is 0. The fourth-order valence-electron chi connectivity index (χ4n) is 0.388. The topological polar surface area (TPSA) is 23.8 Å². The van der Waals surface area contributed by atoms with Crippen molar-refractivity contribution < 1.29 is 0 Å². The highest BCUT2D eigenvalue weighted by Gasteiger charge is 1.96. The van der Waals surface area contributed by atoms with E-state index in [9.17, 15) is 0 Å². The lowest BCUT2D eigenvalue weighted by Gasteiger charge is -1.99. The van der Waals surface area contributed by atoms with Gasteiger partial charge in [0.05, 0.1) is 6.07 Å². The summed E-state index contributed by atoms with van der Waals surface area (Å²) in [6.07, 6.45) is 1.56. The Morgan fingerprint density at radius 2 is 2.38 bits per heavy atom. The van der Waals surface area contributed by atoms with Gasteiger partial charge in [0.15, 0.2) is 0 Å². The van der Waals surface area contributed by atoms with Gasteiger partial charge in [-0.3, -0.25) is 0 Å². The van der Waals surface area contributed by atoms with E-state index in [0.29, 0.717) is 18.2 Å². The second-order valence-corrected chi connectivity index (χ2v) is 2.26. The zero-order valence-electron chi connectivity index (χ0n) is 5.02. The van der Waals surface area contributed by atoms with Gasteiger partial charge in [-0.25, -0.2) is 0 Å². The largest absolute Gasteiger partial charge is 0.198 e. The van der Waals surface area contributed by atoms with E-state index >= 15 is 0 Å². The highest BCUT2D eigenvalue weighted by molar-refractivity contribution is 6.18. The molecule has 8 heavy (non-hydrogen) atoms. The van der Waals surface area contributed by atoms with E-state index in [1.54, 1.807) is 0 Å². The Labute approximate surface area is 55.3 Å². The number of alkyl halides is 1. The summed E-state index contributed by atoms with van der Waals surface area (Å²) in [5.74, 6) is 1.16. The summed E-state index contributed by atoms with van der Waals surface area (Å²) in [6, 6.07) is 2.07. The number of rotatable bonds is 3. The first-order chi connectivity index (χ1) is 3.81. The van der Waals surface area contributed by atoms with Gasteiger partial charge in [0.1, 0.15) is 0 Å². The van der Waals surface area contributed by atoms with Gasteiger partial charge >= 0.3 is 0 Å². The van der Waals surface area contributed by atoms with Crippen LogP contribution < -0.4 is 0 Å². The predicted octanol–water partition coefficient (Wildman–Crippen LogP) is 2.17. The Bertz CT molecular complexity index is 85.0. The van der Waals surface area contributed by atoms with Crippen molar-refractivity contribution in [3.63, 3.8) is 0 Å². The maximum atomic E-state index is 8.12. The van der Waals surface area contributed by atoms with Gasteiger partial charge < -0.3 is 0 Å². The van der Waals surface area contributed by atoms with Crippen molar-refractivity contribution >= 4 is 11.6 Å². The Kier molecular flexibility index (Phi) is 4.79. The average molecular weight is 132 g/mol. The van der Waals surface area contributed by atoms with Crippen LogP contribution in [-0.2, 0) is 0 Å². The van der Waals surface area contributed by atoms with Crippen LogP contribution in [0.1, 0.15) is 19.8 Å². The summed E-state index contributed by atoms with van der Waals surface area (Å²) in [5.41, 5.74) is 0. The maximum Gasteiger partial charge on any atom is 0.0621 e. The quantitative estimate of drug-likeness (QED) is 0.539. The van der Waals surface area contributed by atoms with Gasteiger partial charge in [0.2, 0.25) is 0 Å². The van der Waals surface area contributed by atoms with E-state index in [4.69, 9.17) is 16.9 Å². The van der Waals surface area contributed by atoms with Crippen molar-refractivity contribution in [1.82, 2.24) is 0 Å². The SMILES string of the molecule is CC(CCl)CCC#N. The van der Waals surface area contributed by atoms with E-state index in [1.807, 2.05) is 6.92 Å². The number of hydrogen-bond acceptors (Lipinski definition) is 1. The molecule has 2 heteroatoms. The van der Waals surface area contributed by atoms with Crippen molar-refractivity contribution in [2.24, 2.45) is 5.92 Å². The minimum absolute atomic E-state index is 0.497. The van der Waals surface area contributed by atoms with Gasteiger partial charge in [-0.05, 0) is 12.3 Å². The second-order valence-electron chi connectivity index (χ2n) is 1.96. The number of nitrogens with zero attached hydrogens (tertiary/aromatic N) is 1. The molecule has 0 fully saturated rings. The number of hydrogen-bond donors (Lipinski definition) is 0. The summed E-state index contributed by atoms with van der Waals surface area (Å²) in [4.78, 5) is 0. The first-order valence-corrected chi connectivity index (χ1v) is 3.27. The van der Waals surface area contributed by atoms with Crippen LogP contribution in [0.3, 0.4) is 0 Å². The summed E-state index contributed by atoms with van der Waals surface area (Å²) in [5, 5.41) is 8.12. The predicted molar refractivity (Wildman–Crippen MR) is 34.7 cm³/mol. The minimum atomic E-state index is 0.497. The molecule has 0 aromatic heterocycles. The first kappa shape index (κ1) is 7.78. The summed E-state index contributed by atoms with van der Waals surface area (Å²) >= 11 is 5.48. The highest BCUT2D eigenvalue weighted by Crippen LogP contribution is 2.05. The molecular weight excluding hydrogens is 122 g/mol. The smallest absolute Gasteiger partial charge is 0.0621 e. The molecule has 1 unspecified atom stereocenters. The molecule has 0 bridgehead atoms. The second kappa shape index (κ2) is 4.93. The van der Waals surface area contributed by atoms with Gasteiger partial charge in [-0.2, -0.15) is 5.26 Å². The standard InChI is InChI=1S/C6H10ClN/c1-6(5-7)3-2-4-8/h6H,2-3,5H2,1H3. The van der Waals surface area contributed by atoms with Crippen LogP contribution in [0.25, 0.3) is 0 Å². The molecule has 0 aromatic carbocycles. The van der Waals surface area contributed by atoms with Crippen molar-refractivity contribution in [2.45, 2.75) is 19.8 Å². The van der Waals surface area contributed by atoms with E-state index in [2.05, 4.69) is 6.07 Å². The molecule has 1 atom stereocenters. The van der Waals surface area contributed by atoms with Gasteiger partial charge in [0, 0.05) is 12.3 Å². The fourth-order valence-corrected chi connectivity index (χ4v) is 0.542. The molecule has 0 aliphatic carbocycles. The molecule has 46 valence electrons. The molecule has 0 amide bonds. The Hall–Kier alpha value is -0.220.